The number of nitrogens with one attached hydrogen (secondary N) is 1. The van der Waals surface area contributed by atoms with Gasteiger partial charge < -0.3 is 10.1 Å². The second-order valence-electron chi connectivity index (χ2n) is 5.27. The highest BCUT2D eigenvalue weighted by atomic mass is 32.1. The molecule has 0 fully saturated rings. The van der Waals surface area contributed by atoms with Crippen LogP contribution in [0, 0.1) is 5.92 Å². The Morgan fingerprint density at radius 1 is 1.24 bits per heavy atom. The predicted octanol–water partition coefficient (Wildman–Crippen LogP) is 4.42. The minimum absolute atomic E-state index is 0.0235. The molecule has 0 aliphatic heterocycles. The zero-order valence-electron chi connectivity index (χ0n) is 13.5. The Balaban J connectivity index is 3.03. The molecule has 21 heavy (non-hydrogen) atoms. The molecular weight excluding hydrogens is 286 g/mol. The van der Waals surface area contributed by atoms with Gasteiger partial charge in [-0.25, -0.2) is 4.79 Å². The standard InChI is InChI=1S/C16H25NO3S/c1-6-11(7-2)14(18)17-15-12(16(19)20-8-3)9-13(21-15)10(4)5/h9-11H,6-8H2,1-5H3,(H,17,18). The smallest absolute Gasteiger partial charge is 0.341 e. The number of ether oxygens (including phenoxy) is 1. The van der Waals surface area contributed by atoms with Crippen molar-refractivity contribution in [2.45, 2.75) is 53.4 Å². The Morgan fingerprint density at radius 2 is 1.86 bits per heavy atom. The van der Waals surface area contributed by atoms with E-state index >= 15 is 0 Å². The van der Waals surface area contributed by atoms with Gasteiger partial charge in [-0.1, -0.05) is 27.7 Å². The fourth-order valence-corrected chi connectivity index (χ4v) is 3.07. The van der Waals surface area contributed by atoms with Crippen LogP contribution in [-0.2, 0) is 9.53 Å². The van der Waals surface area contributed by atoms with Gasteiger partial charge in [-0.3, -0.25) is 4.79 Å². The summed E-state index contributed by atoms with van der Waals surface area (Å²) in [6, 6.07) is 1.83. The molecule has 4 nitrogen and oxygen atoms in total. The maximum atomic E-state index is 12.2. The molecule has 1 amide bonds. The van der Waals surface area contributed by atoms with Crippen LogP contribution in [0.25, 0.3) is 0 Å². The Kier molecular flexibility index (Phi) is 6.89. The third-order valence-corrected chi connectivity index (χ3v) is 4.76. The van der Waals surface area contributed by atoms with E-state index in [0.717, 1.165) is 17.7 Å². The van der Waals surface area contributed by atoms with E-state index in [9.17, 15) is 9.59 Å². The van der Waals surface area contributed by atoms with Crippen LogP contribution in [0.3, 0.4) is 0 Å². The molecule has 0 saturated heterocycles. The lowest BCUT2D eigenvalue weighted by Crippen LogP contribution is -2.22. The number of anilines is 1. The highest BCUT2D eigenvalue weighted by Crippen LogP contribution is 2.34. The first-order chi connectivity index (χ1) is 9.94. The molecule has 1 rings (SSSR count). The van der Waals surface area contributed by atoms with Crippen molar-refractivity contribution in [1.82, 2.24) is 0 Å². The number of carbonyl (C=O) groups excluding carboxylic acids is 2. The summed E-state index contributed by atoms with van der Waals surface area (Å²) in [4.78, 5) is 25.3. The monoisotopic (exact) mass is 311 g/mol. The summed E-state index contributed by atoms with van der Waals surface area (Å²) in [5.74, 6) is -0.116. The van der Waals surface area contributed by atoms with Gasteiger partial charge in [0, 0.05) is 10.8 Å². The van der Waals surface area contributed by atoms with Crippen LogP contribution < -0.4 is 5.32 Å². The number of amides is 1. The van der Waals surface area contributed by atoms with E-state index in [4.69, 9.17) is 4.74 Å². The lowest BCUT2D eigenvalue weighted by atomic mass is 10.0. The molecule has 0 bridgehead atoms. The fourth-order valence-electron chi connectivity index (χ4n) is 2.02. The van der Waals surface area contributed by atoms with Crippen molar-refractivity contribution in [3.8, 4) is 0 Å². The van der Waals surface area contributed by atoms with Gasteiger partial charge in [0.05, 0.1) is 12.2 Å². The molecule has 1 heterocycles. The van der Waals surface area contributed by atoms with Crippen molar-refractivity contribution in [3.63, 3.8) is 0 Å². The number of esters is 1. The summed E-state index contributed by atoms with van der Waals surface area (Å²) >= 11 is 1.46. The minimum Gasteiger partial charge on any atom is -0.462 e. The SMILES string of the molecule is CCOC(=O)c1cc(C(C)C)sc1NC(=O)C(CC)CC. The third-order valence-electron chi connectivity index (χ3n) is 3.41. The first kappa shape index (κ1) is 17.7. The minimum atomic E-state index is -0.375. The van der Waals surface area contributed by atoms with Gasteiger partial charge in [0.25, 0.3) is 0 Å². The van der Waals surface area contributed by atoms with Gasteiger partial charge in [-0.15, -0.1) is 11.3 Å². The lowest BCUT2D eigenvalue weighted by molar-refractivity contribution is -0.120. The third kappa shape index (κ3) is 4.56. The first-order valence-corrected chi connectivity index (χ1v) is 8.37. The number of thiophene rings is 1. The summed E-state index contributed by atoms with van der Waals surface area (Å²) in [6.45, 7) is 10.2. The van der Waals surface area contributed by atoms with Crippen molar-refractivity contribution < 1.29 is 14.3 Å². The Bertz CT molecular complexity index is 490. The van der Waals surface area contributed by atoms with Crippen molar-refractivity contribution in [3.05, 3.63) is 16.5 Å². The van der Waals surface area contributed by atoms with Gasteiger partial charge in [-0.05, 0) is 31.7 Å². The molecule has 0 radical (unpaired) electrons. The average Bonchev–Trinajstić information content (AvgIpc) is 2.84. The van der Waals surface area contributed by atoms with Crippen molar-refractivity contribution in [2.75, 3.05) is 11.9 Å². The molecule has 0 aliphatic carbocycles. The number of carbonyl (C=O) groups is 2. The fraction of sp³-hybridized carbons (Fsp3) is 0.625. The van der Waals surface area contributed by atoms with Gasteiger partial charge in [-0.2, -0.15) is 0 Å². The quantitative estimate of drug-likeness (QED) is 0.758. The highest BCUT2D eigenvalue weighted by Gasteiger charge is 2.22. The summed E-state index contributed by atoms with van der Waals surface area (Å²) in [7, 11) is 0. The van der Waals surface area contributed by atoms with E-state index in [2.05, 4.69) is 19.2 Å². The van der Waals surface area contributed by atoms with Gasteiger partial charge in [0.2, 0.25) is 5.91 Å². The first-order valence-electron chi connectivity index (χ1n) is 7.56. The molecule has 0 spiro atoms. The molecule has 0 saturated carbocycles. The average molecular weight is 311 g/mol. The van der Waals surface area contributed by atoms with E-state index in [0.29, 0.717) is 23.1 Å². The normalized spacial score (nSPS) is 11.0. The molecule has 1 N–H and O–H groups in total. The number of hydrogen-bond acceptors (Lipinski definition) is 4. The van der Waals surface area contributed by atoms with Crippen molar-refractivity contribution in [1.29, 1.82) is 0 Å². The Morgan fingerprint density at radius 3 is 2.33 bits per heavy atom. The maximum absolute atomic E-state index is 12.2. The van der Waals surface area contributed by atoms with Crippen LogP contribution >= 0.6 is 11.3 Å². The summed E-state index contributed by atoms with van der Waals surface area (Å²) in [6.07, 6.45) is 1.58. The van der Waals surface area contributed by atoms with E-state index in [1.165, 1.54) is 11.3 Å². The van der Waals surface area contributed by atoms with Crippen molar-refractivity contribution in [2.24, 2.45) is 5.92 Å². The highest BCUT2D eigenvalue weighted by molar-refractivity contribution is 7.16. The molecule has 5 heteroatoms. The van der Waals surface area contributed by atoms with Gasteiger partial charge in [0.1, 0.15) is 5.00 Å². The van der Waals surface area contributed by atoms with Crippen LogP contribution in [0.1, 0.15) is 68.6 Å². The van der Waals surface area contributed by atoms with E-state index in [-0.39, 0.29) is 17.8 Å². The topological polar surface area (TPSA) is 55.4 Å². The molecule has 0 aromatic carbocycles. The van der Waals surface area contributed by atoms with Crippen LogP contribution in [-0.4, -0.2) is 18.5 Å². The van der Waals surface area contributed by atoms with E-state index in [1.807, 2.05) is 19.9 Å². The predicted molar refractivity (Wildman–Crippen MR) is 87.1 cm³/mol. The molecule has 0 unspecified atom stereocenters. The molecule has 1 aromatic heterocycles. The Labute approximate surface area is 130 Å². The molecule has 0 aliphatic rings. The van der Waals surface area contributed by atoms with Crippen LogP contribution in [0.15, 0.2) is 6.07 Å². The van der Waals surface area contributed by atoms with E-state index in [1.54, 1.807) is 6.92 Å². The molecule has 0 atom stereocenters. The molecule has 118 valence electrons. The summed E-state index contributed by atoms with van der Waals surface area (Å²) < 4.78 is 5.07. The lowest BCUT2D eigenvalue weighted by Gasteiger charge is -2.12. The largest absolute Gasteiger partial charge is 0.462 e. The zero-order valence-corrected chi connectivity index (χ0v) is 14.3. The molecule has 1 aromatic rings. The van der Waals surface area contributed by atoms with Gasteiger partial charge in [0.15, 0.2) is 0 Å². The van der Waals surface area contributed by atoms with E-state index < -0.39 is 0 Å². The second-order valence-corrected chi connectivity index (χ2v) is 6.35. The number of hydrogen-bond donors (Lipinski definition) is 1. The van der Waals surface area contributed by atoms with Gasteiger partial charge >= 0.3 is 5.97 Å². The maximum Gasteiger partial charge on any atom is 0.341 e. The molecular formula is C16H25NO3S. The zero-order chi connectivity index (χ0) is 16.0. The Hall–Kier alpha value is -1.36. The summed E-state index contributed by atoms with van der Waals surface area (Å²) in [5, 5.41) is 3.51. The van der Waals surface area contributed by atoms with Crippen molar-refractivity contribution >= 4 is 28.2 Å². The van der Waals surface area contributed by atoms with Crippen LogP contribution in [0.4, 0.5) is 5.00 Å². The number of rotatable bonds is 7. The van der Waals surface area contributed by atoms with Crippen LogP contribution in [0.5, 0.6) is 0 Å². The summed E-state index contributed by atoms with van der Waals surface area (Å²) in [5.41, 5.74) is 0.463. The second kappa shape index (κ2) is 8.17. The van der Waals surface area contributed by atoms with Crippen LogP contribution in [0.2, 0.25) is 0 Å².